The molecule has 0 amide bonds. The van der Waals surface area contributed by atoms with Crippen LogP contribution >= 0.6 is 0 Å². The van der Waals surface area contributed by atoms with E-state index in [4.69, 9.17) is 9.84 Å². The molecule has 0 heterocycles. The average Bonchev–Trinajstić information content (AvgIpc) is 2.93. The summed E-state index contributed by atoms with van der Waals surface area (Å²) in [5.74, 6) is 1.86. The largest absolute Gasteiger partial charge is 0.481 e. The van der Waals surface area contributed by atoms with Crippen LogP contribution in [0.4, 0.5) is 0 Å². The minimum absolute atomic E-state index is 0.135. The zero-order chi connectivity index (χ0) is 27.3. The number of benzene rings is 1. The van der Waals surface area contributed by atoms with Gasteiger partial charge in [-0.3, -0.25) is 4.79 Å². The van der Waals surface area contributed by atoms with E-state index in [1.807, 2.05) is 0 Å². The predicted molar refractivity (Wildman–Crippen MR) is 155 cm³/mol. The number of aryl methyl sites for hydroxylation is 1. The highest BCUT2D eigenvalue weighted by Crippen LogP contribution is 2.41. The summed E-state index contributed by atoms with van der Waals surface area (Å²) >= 11 is 0. The van der Waals surface area contributed by atoms with Crippen molar-refractivity contribution in [3.8, 4) is 0 Å². The molecule has 2 aliphatic rings. The third-order valence-corrected chi connectivity index (χ3v) is 9.41. The Morgan fingerprint density at radius 1 is 0.947 bits per heavy atom. The van der Waals surface area contributed by atoms with E-state index in [1.54, 1.807) is 12.5 Å². The third-order valence-electron chi connectivity index (χ3n) is 9.41. The van der Waals surface area contributed by atoms with Crippen LogP contribution in [-0.2, 0) is 20.7 Å². The lowest BCUT2D eigenvalue weighted by molar-refractivity contribution is -0.141. The van der Waals surface area contributed by atoms with Crippen molar-refractivity contribution in [1.82, 2.24) is 0 Å². The van der Waals surface area contributed by atoms with Gasteiger partial charge < -0.3 is 9.84 Å². The van der Waals surface area contributed by atoms with Crippen molar-refractivity contribution < 1.29 is 19.4 Å². The first-order valence-electron chi connectivity index (χ1n) is 15.5. The first kappa shape index (κ1) is 30.4. The molecule has 0 aliphatic heterocycles. The number of carbonyl (C=O) groups excluding carboxylic acids is 1. The highest BCUT2D eigenvalue weighted by atomic mass is 16.5. The van der Waals surface area contributed by atoms with Crippen molar-refractivity contribution in [2.24, 2.45) is 23.7 Å². The molecule has 1 N–H and O–H groups in total. The number of carbonyl (C=O) groups is 2. The van der Waals surface area contributed by atoms with E-state index in [9.17, 15) is 9.59 Å². The molecule has 1 unspecified atom stereocenters. The first-order valence-corrected chi connectivity index (χ1v) is 15.5. The van der Waals surface area contributed by atoms with Gasteiger partial charge in [0.25, 0.3) is 0 Å². The molecule has 2 fully saturated rings. The lowest BCUT2D eigenvalue weighted by Crippen LogP contribution is -2.27. The molecule has 4 heteroatoms. The number of carboxylic acid groups (broad SMARTS) is 1. The first-order chi connectivity index (χ1) is 18.4. The number of unbranched alkanes of at least 4 members (excludes halogenated alkanes) is 2. The number of esters is 1. The third kappa shape index (κ3) is 10.2. The number of hydrogen-bond acceptors (Lipinski definition) is 3. The minimum Gasteiger partial charge on any atom is -0.481 e. The molecule has 1 aromatic carbocycles. The van der Waals surface area contributed by atoms with Gasteiger partial charge in [0.1, 0.15) is 0 Å². The molecule has 38 heavy (non-hydrogen) atoms. The molecule has 0 bridgehead atoms. The van der Waals surface area contributed by atoms with Crippen LogP contribution in [0.25, 0.3) is 0 Å². The van der Waals surface area contributed by atoms with Crippen LogP contribution in [0, 0.1) is 23.7 Å². The fourth-order valence-electron chi connectivity index (χ4n) is 6.81. The monoisotopic (exact) mass is 524 g/mol. The second-order valence-electron chi connectivity index (χ2n) is 12.3. The molecule has 1 aromatic rings. The van der Waals surface area contributed by atoms with E-state index in [0.717, 1.165) is 30.6 Å². The summed E-state index contributed by atoms with van der Waals surface area (Å²) in [6.07, 6.45) is 18.6. The van der Waals surface area contributed by atoms with Crippen LogP contribution in [0.1, 0.15) is 127 Å². The van der Waals surface area contributed by atoms with Gasteiger partial charge in [0, 0.05) is 12.0 Å². The Kier molecular flexibility index (Phi) is 12.9. The molecular formula is C34H52O4. The summed E-state index contributed by atoms with van der Waals surface area (Å²) in [6.45, 7) is 7.89. The van der Waals surface area contributed by atoms with Gasteiger partial charge in [-0.2, -0.15) is 0 Å². The Balaban J connectivity index is 1.36. The highest BCUT2D eigenvalue weighted by Gasteiger charge is 2.30. The van der Waals surface area contributed by atoms with Gasteiger partial charge in [-0.15, -0.1) is 0 Å². The highest BCUT2D eigenvalue weighted by molar-refractivity contribution is 5.86. The molecule has 212 valence electrons. The van der Waals surface area contributed by atoms with E-state index in [2.05, 4.69) is 37.8 Å². The Morgan fingerprint density at radius 3 is 2.11 bits per heavy atom. The Hall–Kier alpha value is -2.10. The van der Waals surface area contributed by atoms with Crippen LogP contribution in [0.5, 0.6) is 0 Å². The van der Waals surface area contributed by atoms with Gasteiger partial charge >= 0.3 is 11.9 Å². The molecule has 1 atom stereocenters. The smallest absolute Gasteiger partial charge is 0.333 e. The van der Waals surface area contributed by atoms with E-state index in [1.165, 1.54) is 82.6 Å². The second-order valence-corrected chi connectivity index (χ2v) is 12.3. The number of hydrogen-bond donors (Lipinski definition) is 1. The summed E-state index contributed by atoms with van der Waals surface area (Å²) in [4.78, 5) is 23.0. The molecular weight excluding hydrogens is 472 g/mol. The van der Waals surface area contributed by atoms with Crippen LogP contribution in [0.3, 0.4) is 0 Å². The average molecular weight is 525 g/mol. The quantitative estimate of drug-likeness (QED) is 0.141. The van der Waals surface area contributed by atoms with Gasteiger partial charge in [0.2, 0.25) is 0 Å². The second kappa shape index (κ2) is 16.1. The SMILES string of the molecule is C=C(C)C(=O)OCC(CCC(=O)O)C1CCC(CCC2CCC(c3ccc(CCCCC)cc3)CC2)CC1. The van der Waals surface area contributed by atoms with Crippen molar-refractivity contribution in [3.05, 3.63) is 47.5 Å². The van der Waals surface area contributed by atoms with Crippen LogP contribution < -0.4 is 0 Å². The zero-order valence-electron chi connectivity index (χ0n) is 24.1. The molecule has 2 aliphatic carbocycles. The number of ether oxygens (including phenoxy) is 1. The normalized spacial score (nSPS) is 24.5. The Labute approximate surface area is 231 Å². The van der Waals surface area contributed by atoms with E-state index >= 15 is 0 Å². The number of carboxylic acids is 1. The molecule has 3 rings (SSSR count). The lowest BCUT2D eigenvalue weighted by atomic mass is 9.71. The fourth-order valence-corrected chi connectivity index (χ4v) is 6.81. The maximum atomic E-state index is 11.9. The van der Waals surface area contributed by atoms with Crippen LogP contribution in [0.2, 0.25) is 0 Å². The van der Waals surface area contributed by atoms with Crippen LogP contribution in [-0.4, -0.2) is 23.7 Å². The molecule has 4 nitrogen and oxygen atoms in total. The van der Waals surface area contributed by atoms with Gasteiger partial charge in [0.15, 0.2) is 0 Å². The van der Waals surface area contributed by atoms with E-state index in [-0.39, 0.29) is 18.3 Å². The maximum absolute atomic E-state index is 11.9. The van der Waals surface area contributed by atoms with Crippen LogP contribution in [0.15, 0.2) is 36.4 Å². The van der Waals surface area contributed by atoms with Crippen molar-refractivity contribution in [1.29, 1.82) is 0 Å². The zero-order valence-corrected chi connectivity index (χ0v) is 24.1. The van der Waals surface area contributed by atoms with Gasteiger partial charge in [0.05, 0.1) is 6.61 Å². The van der Waals surface area contributed by atoms with E-state index < -0.39 is 5.97 Å². The van der Waals surface area contributed by atoms with E-state index in [0.29, 0.717) is 24.5 Å². The van der Waals surface area contributed by atoms with Gasteiger partial charge in [-0.05, 0) is 105 Å². The molecule has 0 aromatic heterocycles. The van der Waals surface area contributed by atoms with Gasteiger partial charge in [-0.25, -0.2) is 4.79 Å². The van der Waals surface area contributed by atoms with Gasteiger partial charge in [-0.1, -0.05) is 76.3 Å². The molecule has 0 saturated heterocycles. The van der Waals surface area contributed by atoms with Crippen molar-refractivity contribution >= 4 is 11.9 Å². The van der Waals surface area contributed by atoms with Crippen molar-refractivity contribution in [2.45, 2.75) is 122 Å². The standard InChI is InChI=1S/C34H52O4/c1-4-5-6-7-26-10-16-29(17-11-26)30-18-12-27(13-19-30)8-9-28-14-20-31(21-15-28)32(22-23-33(35)36)24-38-34(37)25(2)3/h10-11,16-17,27-28,30-32H,2,4-9,12-15,18-24H2,1,3H3,(H,35,36). The minimum atomic E-state index is -0.774. The fraction of sp³-hybridized carbons (Fsp3) is 0.706. The Bertz CT molecular complexity index is 857. The summed E-state index contributed by atoms with van der Waals surface area (Å²) < 4.78 is 5.44. The maximum Gasteiger partial charge on any atom is 0.333 e. The summed E-state index contributed by atoms with van der Waals surface area (Å²) in [6, 6.07) is 9.52. The molecule has 0 spiro atoms. The summed E-state index contributed by atoms with van der Waals surface area (Å²) in [7, 11) is 0. The van der Waals surface area contributed by atoms with Crippen molar-refractivity contribution in [2.75, 3.05) is 6.61 Å². The molecule has 2 saturated carbocycles. The molecule has 0 radical (unpaired) electrons. The topological polar surface area (TPSA) is 63.6 Å². The Morgan fingerprint density at radius 2 is 1.55 bits per heavy atom. The number of aliphatic carboxylic acids is 1. The van der Waals surface area contributed by atoms with Crippen molar-refractivity contribution in [3.63, 3.8) is 0 Å². The lowest BCUT2D eigenvalue weighted by Gasteiger charge is -2.35. The predicted octanol–water partition coefficient (Wildman–Crippen LogP) is 8.88. The number of rotatable bonds is 15. The summed E-state index contributed by atoms with van der Waals surface area (Å²) in [5.41, 5.74) is 3.44. The summed E-state index contributed by atoms with van der Waals surface area (Å²) in [5, 5.41) is 9.17.